The minimum absolute atomic E-state index is 0.213. The van der Waals surface area contributed by atoms with Crippen LogP contribution in [0.25, 0.3) is 0 Å². The summed E-state index contributed by atoms with van der Waals surface area (Å²) in [6.07, 6.45) is 1.45. The molecule has 0 spiro atoms. The molecule has 2 aromatic rings. The van der Waals surface area contributed by atoms with E-state index in [0.717, 1.165) is 29.8 Å². The Balaban J connectivity index is 1.97. The van der Waals surface area contributed by atoms with Crippen LogP contribution in [-0.2, 0) is 6.54 Å². The molecule has 0 radical (unpaired) electrons. The fourth-order valence-corrected chi connectivity index (χ4v) is 3.08. The van der Waals surface area contributed by atoms with E-state index in [9.17, 15) is 4.79 Å². The second-order valence-corrected chi connectivity index (χ2v) is 6.04. The van der Waals surface area contributed by atoms with E-state index in [1.165, 1.54) is 0 Å². The monoisotopic (exact) mass is 319 g/mol. The summed E-state index contributed by atoms with van der Waals surface area (Å²) in [5.74, 6) is 0.213. The van der Waals surface area contributed by atoms with Gasteiger partial charge in [-0.25, -0.2) is 0 Å². The van der Waals surface area contributed by atoms with Crippen LogP contribution in [0.4, 0.5) is 5.69 Å². The van der Waals surface area contributed by atoms with E-state index in [2.05, 4.69) is 4.90 Å². The van der Waals surface area contributed by atoms with E-state index in [-0.39, 0.29) is 5.78 Å². The number of carbonyl (C=O) groups excluding carboxylic acids is 1. The number of hydrogen-bond acceptors (Lipinski definition) is 2. The maximum absolute atomic E-state index is 12.2. The van der Waals surface area contributed by atoms with Crippen molar-refractivity contribution < 1.29 is 4.79 Å². The topological polar surface area (TPSA) is 20.3 Å². The van der Waals surface area contributed by atoms with Gasteiger partial charge >= 0.3 is 0 Å². The minimum Gasteiger partial charge on any atom is -0.367 e. The molecule has 0 aromatic heterocycles. The first-order valence-corrected chi connectivity index (χ1v) is 7.72. The zero-order valence-corrected chi connectivity index (χ0v) is 13.0. The van der Waals surface area contributed by atoms with Crippen LogP contribution in [-0.4, -0.2) is 12.3 Å². The van der Waals surface area contributed by atoms with Gasteiger partial charge in [0.25, 0.3) is 0 Å². The molecule has 3 rings (SSSR count). The first-order valence-electron chi connectivity index (χ1n) is 6.96. The molecule has 2 aromatic carbocycles. The molecule has 0 saturated heterocycles. The molecule has 21 heavy (non-hydrogen) atoms. The van der Waals surface area contributed by atoms with Crippen molar-refractivity contribution in [2.24, 2.45) is 0 Å². The number of Topliss-reactive ketones (excluding diaryl/α,β-unsaturated/α-hetero) is 1. The Labute approximate surface area is 134 Å². The number of nitrogens with zero attached hydrogens (tertiary/aromatic N) is 1. The zero-order chi connectivity index (χ0) is 14.8. The SMILES string of the molecule is O=C1CCCN(Cc2cc(Cl)ccc2Cl)c2ccccc21. The molecule has 2 nitrogen and oxygen atoms in total. The minimum atomic E-state index is 0.213. The summed E-state index contributed by atoms with van der Waals surface area (Å²) in [5, 5.41) is 1.38. The number of rotatable bonds is 2. The molecule has 4 heteroatoms. The van der Waals surface area contributed by atoms with Gasteiger partial charge in [0, 0.05) is 40.8 Å². The highest BCUT2D eigenvalue weighted by atomic mass is 35.5. The molecular formula is C17H15Cl2NO. The number of hydrogen-bond donors (Lipinski definition) is 0. The molecule has 0 saturated carbocycles. The number of benzene rings is 2. The Kier molecular flexibility index (Phi) is 4.18. The van der Waals surface area contributed by atoms with Gasteiger partial charge in [-0.3, -0.25) is 4.79 Å². The van der Waals surface area contributed by atoms with Crippen molar-refractivity contribution in [1.29, 1.82) is 0 Å². The molecule has 108 valence electrons. The lowest BCUT2D eigenvalue weighted by molar-refractivity contribution is 0.0984. The van der Waals surface area contributed by atoms with Gasteiger partial charge in [0.05, 0.1) is 0 Å². The lowest BCUT2D eigenvalue weighted by atomic mass is 10.1. The van der Waals surface area contributed by atoms with Crippen LogP contribution >= 0.6 is 23.2 Å². The van der Waals surface area contributed by atoms with Gasteiger partial charge in [-0.15, -0.1) is 0 Å². The van der Waals surface area contributed by atoms with Crippen molar-refractivity contribution >= 4 is 34.7 Å². The molecule has 0 fully saturated rings. The zero-order valence-electron chi connectivity index (χ0n) is 11.5. The molecule has 0 aliphatic carbocycles. The first kappa shape index (κ1) is 14.4. The summed E-state index contributed by atoms with van der Waals surface area (Å²) < 4.78 is 0. The van der Waals surface area contributed by atoms with Crippen LogP contribution in [0.2, 0.25) is 10.0 Å². The Morgan fingerprint density at radius 1 is 1.10 bits per heavy atom. The Hall–Kier alpha value is -1.51. The highest BCUT2D eigenvalue weighted by Crippen LogP contribution is 2.29. The van der Waals surface area contributed by atoms with Gasteiger partial charge < -0.3 is 4.90 Å². The molecule has 0 bridgehead atoms. The van der Waals surface area contributed by atoms with Crippen LogP contribution in [0.15, 0.2) is 42.5 Å². The van der Waals surface area contributed by atoms with E-state index < -0.39 is 0 Å². The van der Waals surface area contributed by atoms with Gasteiger partial charge in [0.15, 0.2) is 5.78 Å². The van der Waals surface area contributed by atoms with Gasteiger partial charge in [0.2, 0.25) is 0 Å². The third kappa shape index (κ3) is 3.07. The largest absolute Gasteiger partial charge is 0.367 e. The standard InChI is InChI=1S/C17H15Cl2NO/c18-13-7-8-15(19)12(10-13)11-20-9-3-6-17(21)14-4-1-2-5-16(14)20/h1-2,4-5,7-8,10H,3,6,9,11H2. The van der Waals surface area contributed by atoms with Crippen molar-refractivity contribution in [2.45, 2.75) is 19.4 Å². The first-order chi connectivity index (χ1) is 10.1. The van der Waals surface area contributed by atoms with Gasteiger partial charge in [-0.1, -0.05) is 35.3 Å². The van der Waals surface area contributed by atoms with E-state index in [4.69, 9.17) is 23.2 Å². The average Bonchev–Trinajstić information content (AvgIpc) is 2.64. The maximum Gasteiger partial charge on any atom is 0.165 e. The van der Waals surface area contributed by atoms with Gasteiger partial charge in [0.1, 0.15) is 0 Å². The van der Waals surface area contributed by atoms with Crippen molar-refractivity contribution in [3.63, 3.8) is 0 Å². The fourth-order valence-electron chi connectivity index (χ4n) is 2.71. The molecule has 0 N–H and O–H groups in total. The predicted molar refractivity (Wildman–Crippen MR) is 87.5 cm³/mol. The molecule has 0 atom stereocenters. The second-order valence-electron chi connectivity index (χ2n) is 5.20. The average molecular weight is 320 g/mol. The van der Waals surface area contributed by atoms with Gasteiger partial charge in [-0.2, -0.15) is 0 Å². The van der Waals surface area contributed by atoms with Crippen LogP contribution in [0.5, 0.6) is 0 Å². The molecule has 1 aliphatic rings. The lowest BCUT2D eigenvalue weighted by Gasteiger charge is -2.25. The maximum atomic E-state index is 12.2. The van der Waals surface area contributed by atoms with Crippen LogP contribution in [0, 0.1) is 0 Å². The Morgan fingerprint density at radius 3 is 2.76 bits per heavy atom. The van der Waals surface area contributed by atoms with Gasteiger partial charge in [-0.05, 0) is 42.3 Å². The van der Waals surface area contributed by atoms with Crippen molar-refractivity contribution in [1.82, 2.24) is 0 Å². The number of carbonyl (C=O) groups is 1. The third-order valence-electron chi connectivity index (χ3n) is 3.75. The third-order valence-corrected chi connectivity index (χ3v) is 4.35. The van der Waals surface area contributed by atoms with Crippen molar-refractivity contribution in [3.05, 3.63) is 63.6 Å². The summed E-state index contributed by atoms with van der Waals surface area (Å²) in [7, 11) is 0. The summed E-state index contributed by atoms with van der Waals surface area (Å²) >= 11 is 12.3. The molecule has 1 aliphatic heterocycles. The van der Waals surface area contributed by atoms with Crippen LogP contribution in [0.1, 0.15) is 28.8 Å². The number of ketones is 1. The highest BCUT2D eigenvalue weighted by Gasteiger charge is 2.21. The summed E-state index contributed by atoms with van der Waals surface area (Å²) in [6.45, 7) is 1.50. The number of anilines is 1. The second kappa shape index (κ2) is 6.08. The molecule has 0 unspecified atom stereocenters. The lowest BCUT2D eigenvalue weighted by Crippen LogP contribution is -2.23. The summed E-state index contributed by atoms with van der Waals surface area (Å²) in [4.78, 5) is 14.4. The Morgan fingerprint density at radius 2 is 1.90 bits per heavy atom. The summed E-state index contributed by atoms with van der Waals surface area (Å²) in [5.41, 5.74) is 2.76. The normalized spacial score (nSPS) is 14.8. The van der Waals surface area contributed by atoms with E-state index >= 15 is 0 Å². The van der Waals surface area contributed by atoms with Crippen LogP contribution < -0.4 is 4.90 Å². The van der Waals surface area contributed by atoms with Crippen molar-refractivity contribution in [3.8, 4) is 0 Å². The number of halogens is 2. The van der Waals surface area contributed by atoms with E-state index in [1.54, 1.807) is 6.07 Å². The summed E-state index contributed by atoms with van der Waals surface area (Å²) in [6, 6.07) is 13.3. The van der Waals surface area contributed by atoms with E-state index in [0.29, 0.717) is 23.0 Å². The number of fused-ring (bicyclic) bond motifs is 1. The molecular weight excluding hydrogens is 305 g/mol. The van der Waals surface area contributed by atoms with Crippen molar-refractivity contribution in [2.75, 3.05) is 11.4 Å². The van der Waals surface area contributed by atoms with E-state index in [1.807, 2.05) is 36.4 Å². The highest BCUT2D eigenvalue weighted by molar-refractivity contribution is 6.33. The molecule has 1 heterocycles. The molecule has 0 amide bonds. The fraction of sp³-hybridized carbons (Fsp3) is 0.235. The quantitative estimate of drug-likeness (QED) is 0.778. The smallest absolute Gasteiger partial charge is 0.165 e. The Bertz CT molecular complexity index is 684. The number of para-hydroxylation sites is 1. The predicted octanol–water partition coefficient (Wildman–Crippen LogP) is 4.98. The van der Waals surface area contributed by atoms with Crippen LogP contribution in [0.3, 0.4) is 0 Å².